The summed E-state index contributed by atoms with van der Waals surface area (Å²) in [7, 11) is 0. The van der Waals surface area contributed by atoms with E-state index in [0.29, 0.717) is 35.3 Å². The van der Waals surface area contributed by atoms with E-state index in [1.54, 1.807) is 19.1 Å². The molecular weight excluding hydrogens is 228 g/mol. The molecule has 0 aliphatic carbocycles. The van der Waals surface area contributed by atoms with Crippen LogP contribution < -0.4 is 9.47 Å². The van der Waals surface area contributed by atoms with Gasteiger partial charge < -0.3 is 9.47 Å². The average molecular weight is 239 g/mol. The molecule has 0 bridgehead atoms. The standard InChI is InChI=1S/C12H11ClO3/c1-8(7-14)4-9-5-10(13)12-11(6-9)15-2-3-16-12/h4-7H,2-3H2,1H3. The Morgan fingerprint density at radius 3 is 2.88 bits per heavy atom. The minimum atomic E-state index is 0.502. The summed E-state index contributed by atoms with van der Waals surface area (Å²) >= 11 is 6.05. The second-order valence-corrected chi connectivity index (χ2v) is 3.94. The molecule has 1 aliphatic heterocycles. The first-order valence-corrected chi connectivity index (χ1v) is 5.31. The van der Waals surface area contributed by atoms with Crippen LogP contribution in [0.25, 0.3) is 6.08 Å². The van der Waals surface area contributed by atoms with Crippen LogP contribution in [-0.2, 0) is 4.79 Å². The first-order chi connectivity index (χ1) is 7.70. The van der Waals surface area contributed by atoms with Gasteiger partial charge in [0.25, 0.3) is 0 Å². The van der Waals surface area contributed by atoms with Gasteiger partial charge in [-0.25, -0.2) is 0 Å². The van der Waals surface area contributed by atoms with E-state index in [2.05, 4.69) is 0 Å². The molecular formula is C12H11ClO3. The van der Waals surface area contributed by atoms with E-state index in [9.17, 15) is 4.79 Å². The SMILES string of the molecule is CC(C=O)=Cc1cc(Cl)c2c(c1)OCCO2. The summed E-state index contributed by atoms with van der Waals surface area (Å²) < 4.78 is 10.8. The first kappa shape index (κ1) is 11.0. The second kappa shape index (κ2) is 4.58. The van der Waals surface area contributed by atoms with Crippen molar-refractivity contribution in [1.82, 2.24) is 0 Å². The van der Waals surface area contributed by atoms with Gasteiger partial charge in [0.15, 0.2) is 11.5 Å². The molecule has 0 unspecified atom stereocenters. The summed E-state index contributed by atoms with van der Waals surface area (Å²) in [6.45, 7) is 2.76. The highest BCUT2D eigenvalue weighted by atomic mass is 35.5. The molecule has 1 aromatic carbocycles. The largest absolute Gasteiger partial charge is 0.486 e. The van der Waals surface area contributed by atoms with Crippen LogP contribution >= 0.6 is 11.6 Å². The molecule has 0 fully saturated rings. The molecule has 2 rings (SSSR count). The van der Waals surface area contributed by atoms with Crippen LogP contribution in [0.2, 0.25) is 5.02 Å². The monoisotopic (exact) mass is 238 g/mol. The van der Waals surface area contributed by atoms with E-state index in [0.717, 1.165) is 11.8 Å². The molecule has 0 amide bonds. The lowest BCUT2D eigenvalue weighted by Gasteiger charge is -2.19. The molecule has 0 radical (unpaired) electrons. The maximum atomic E-state index is 10.5. The molecule has 0 N–H and O–H groups in total. The fourth-order valence-corrected chi connectivity index (χ4v) is 1.78. The zero-order chi connectivity index (χ0) is 11.5. The lowest BCUT2D eigenvalue weighted by atomic mass is 10.1. The van der Waals surface area contributed by atoms with Crippen molar-refractivity contribution in [2.45, 2.75) is 6.92 Å². The van der Waals surface area contributed by atoms with Crippen LogP contribution in [0.15, 0.2) is 17.7 Å². The molecule has 1 heterocycles. The molecule has 0 saturated carbocycles. The minimum Gasteiger partial charge on any atom is -0.486 e. The van der Waals surface area contributed by atoms with Crippen LogP contribution in [0.4, 0.5) is 0 Å². The number of rotatable bonds is 2. The van der Waals surface area contributed by atoms with Gasteiger partial charge in [-0.1, -0.05) is 11.6 Å². The molecule has 4 heteroatoms. The topological polar surface area (TPSA) is 35.5 Å². The number of hydrogen-bond donors (Lipinski definition) is 0. The van der Waals surface area contributed by atoms with Gasteiger partial charge in [-0.15, -0.1) is 0 Å². The van der Waals surface area contributed by atoms with Gasteiger partial charge >= 0.3 is 0 Å². The summed E-state index contributed by atoms with van der Waals surface area (Å²) in [5.74, 6) is 1.21. The Labute approximate surface area is 98.6 Å². The zero-order valence-corrected chi connectivity index (χ0v) is 9.58. The van der Waals surface area contributed by atoms with Gasteiger partial charge in [0.1, 0.15) is 19.5 Å². The predicted octanol–water partition coefficient (Wildman–Crippen LogP) is 2.71. The number of hydrogen-bond acceptors (Lipinski definition) is 3. The van der Waals surface area contributed by atoms with Crippen LogP contribution in [-0.4, -0.2) is 19.5 Å². The van der Waals surface area contributed by atoms with Gasteiger partial charge in [-0.2, -0.15) is 0 Å². The van der Waals surface area contributed by atoms with E-state index in [1.165, 1.54) is 0 Å². The van der Waals surface area contributed by atoms with Gasteiger partial charge in [0, 0.05) is 0 Å². The van der Waals surface area contributed by atoms with Gasteiger partial charge in [-0.05, 0) is 36.3 Å². The van der Waals surface area contributed by atoms with Crippen molar-refractivity contribution in [3.8, 4) is 11.5 Å². The van der Waals surface area contributed by atoms with E-state index in [-0.39, 0.29) is 0 Å². The van der Waals surface area contributed by atoms with Crippen molar-refractivity contribution in [2.75, 3.05) is 13.2 Å². The molecule has 0 spiro atoms. The molecule has 0 atom stereocenters. The molecule has 1 aromatic rings. The number of aldehydes is 1. The lowest BCUT2D eigenvalue weighted by molar-refractivity contribution is -0.104. The third-order valence-electron chi connectivity index (χ3n) is 2.20. The van der Waals surface area contributed by atoms with E-state index < -0.39 is 0 Å². The van der Waals surface area contributed by atoms with E-state index >= 15 is 0 Å². The van der Waals surface area contributed by atoms with Crippen LogP contribution in [0.3, 0.4) is 0 Å². The van der Waals surface area contributed by atoms with Gasteiger partial charge in [0.05, 0.1) is 5.02 Å². The first-order valence-electron chi connectivity index (χ1n) is 4.93. The quantitative estimate of drug-likeness (QED) is 0.587. The zero-order valence-electron chi connectivity index (χ0n) is 8.83. The second-order valence-electron chi connectivity index (χ2n) is 3.53. The number of fused-ring (bicyclic) bond motifs is 1. The molecule has 1 aliphatic rings. The smallest absolute Gasteiger partial charge is 0.179 e. The van der Waals surface area contributed by atoms with Crippen LogP contribution in [0, 0.1) is 0 Å². The summed E-state index contributed by atoms with van der Waals surface area (Å²) in [6.07, 6.45) is 2.54. The summed E-state index contributed by atoms with van der Waals surface area (Å²) in [5.41, 5.74) is 1.46. The number of carbonyl (C=O) groups is 1. The number of ether oxygens (including phenoxy) is 2. The number of carbonyl (C=O) groups excluding carboxylic acids is 1. The number of benzene rings is 1. The highest BCUT2D eigenvalue weighted by molar-refractivity contribution is 6.32. The van der Waals surface area contributed by atoms with Crippen molar-refractivity contribution in [1.29, 1.82) is 0 Å². The Morgan fingerprint density at radius 1 is 1.38 bits per heavy atom. The molecule has 0 aromatic heterocycles. The maximum absolute atomic E-state index is 10.5. The number of halogens is 1. The summed E-state index contributed by atoms with van der Waals surface area (Å²) in [4.78, 5) is 10.5. The van der Waals surface area contributed by atoms with Crippen molar-refractivity contribution in [3.05, 3.63) is 28.3 Å². The van der Waals surface area contributed by atoms with Crippen molar-refractivity contribution in [2.24, 2.45) is 0 Å². The highest BCUT2D eigenvalue weighted by Crippen LogP contribution is 2.38. The van der Waals surface area contributed by atoms with Gasteiger partial charge in [0.2, 0.25) is 0 Å². The molecule has 84 valence electrons. The number of allylic oxidation sites excluding steroid dienone is 1. The van der Waals surface area contributed by atoms with Crippen molar-refractivity contribution >= 4 is 24.0 Å². The van der Waals surface area contributed by atoms with E-state index in [1.807, 2.05) is 6.07 Å². The fourth-order valence-electron chi connectivity index (χ4n) is 1.51. The van der Waals surface area contributed by atoms with Crippen molar-refractivity contribution in [3.63, 3.8) is 0 Å². The Balaban J connectivity index is 2.43. The van der Waals surface area contributed by atoms with Gasteiger partial charge in [-0.3, -0.25) is 4.79 Å². The Bertz CT molecular complexity index is 452. The third-order valence-corrected chi connectivity index (χ3v) is 2.48. The predicted molar refractivity (Wildman–Crippen MR) is 62.2 cm³/mol. The van der Waals surface area contributed by atoms with Crippen LogP contribution in [0.5, 0.6) is 11.5 Å². The van der Waals surface area contributed by atoms with Crippen molar-refractivity contribution < 1.29 is 14.3 Å². The maximum Gasteiger partial charge on any atom is 0.179 e. The summed E-state index contributed by atoms with van der Waals surface area (Å²) in [5, 5.41) is 0.502. The minimum absolute atomic E-state index is 0.502. The van der Waals surface area contributed by atoms with E-state index in [4.69, 9.17) is 21.1 Å². The Hall–Kier alpha value is -1.48. The molecule has 16 heavy (non-hydrogen) atoms. The highest BCUT2D eigenvalue weighted by Gasteiger charge is 2.15. The Kier molecular flexibility index (Phi) is 3.15. The normalized spacial score (nSPS) is 14.8. The molecule has 0 saturated heterocycles. The molecule has 3 nitrogen and oxygen atoms in total. The summed E-state index contributed by atoms with van der Waals surface area (Å²) in [6, 6.07) is 3.56. The van der Waals surface area contributed by atoms with Crippen LogP contribution in [0.1, 0.15) is 12.5 Å². The fraction of sp³-hybridized carbons (Fsp3) is 0.250. The Morgan fingerprint density at radius 2 is 2.12 bits per heavy atom. The lowest BCUT2D eigenvalue weighted by Crippen LogP contribution is -2.15. The average Bonchev–Trinajstić information content (AvgIpc) is 2.29. The third kappa shape index (κ3) is 2.19.